The van der Waals surface area contributed by atoms with Crippen LogP contribution in [0.2, 0.25) is 0 Å². The molecule has 0 amide bonds. The Morgan fingerprint density at radius 2 is 2.11 bits per heavy atom. The van der Waals surface area contributed by atoms with E-state index in [-0.39, 0.29) is 17.5 Å². The van der Waals surface area contributed by atoms with E-state index in [1.54, 1.807) is 6.07 Å². The molecule has 0 saturated heterocycles. The minimum absolute atomic E-state index is 0.00731. The summed E-state index contributed by atoms with van der Waals surface area (Å²) in [5.74, 6) is 0.189. The summed E-state index contributed by atoms with van der Waals surface area (Å²) in [6.07, 6.45) is 1.91. The average molecular weight is 408 g/mol. The maximum Gasteiger partial charge on any atom is 0.349 e. The molecule has 1 aromatic carbocycles. The Hall–Kier alpha value is -2.23. The lowest BCUT2D eigenvalue weighted by molar-refractivity contribution is 0.0463. The molecular formula is C18H21N3O4S2. The van der Waals surface area contributed by atoms with Crippen molar-refractivity contribution in [3.8, 4) is 0 Å². The van der Waals surface area contributed by atoms with E-state index in [0.717, 1.165) is 23.9 Å². The number of hydrogen-bond donors (Lipinski definition) is 1. The molecule has 0 radical (unpaired) electrons. The van der Waals surface area contributed by atoms with Gasteiger partial charge in [-0.25, -0.2) is 23.3 Å². The highest BCUT2D eigenvalue weighted by molar-refractivity contribution is 7.89. The minimum atomic E-state index is -3.81. The van der Waals surface area contributed by atoms with Gasteiger partial charge in [-0.1, -0.05) is 13.3 Å². The Morgan fingerprint density at radius 1 is 1.33 bits per heavy atom. The van der Waals surface area contributed by atoms with Crippen molar-refractivity contribution >= 4 is 38.4 Å². The third kappa shape index (κ3) is 4.20. The van der Waals surface area contributed by atoms with E-state index >= 15 is 0 Å². The number of nitrogens with zero attached hydrogens (tertiary/aromatic N) is 2. The fraction of sp³-hybridized carbons (Fsp3) is 0.333. The molecule has 0 bridgehead atoms. The number of nitrogens with two attached hydrogens (primary N) is 1. The molecule has 9 heteroatoms. The van der Waals surface area contributed by atoms with E-state index in [1.165, 1.54) is 23.5 Å². The van der Waals surface area contributed by atoms with Gasteiger partial charge in [0.1, 0.15) is 17.3 Å². The van der Waals surface area contributed by atoms with Crippen LogP contribution in [0.4, 0.5) is 0 Å². The van der Waals surface area contributed by atoms with Crippen molar-refractivity contribution in [2.75, 3.05) is 0 Å². The lowest BCUT2D eigenvalue weighted by Crippen LogP contribution is -2.12. The molecule has 0 fully saturated rings. The van der Waals surface area contributed by atoms with Crippen LogP contribution in [0.15, 0.2) is 34.5 Å². The second-order valence-electron chi connectivity index (χ2n) is 6.24. The molecule has 144 valence electrons. The van der Waals surface area contributed by atoms with Crippen LogP contribution in [0, 0.1) is 6.92 Å². The van der Waals surface area contributed by atoms with Gasteiger partial charge >= 0.3 is 5.97 Å². The Bertz CT molecular complexity index is 1080. The van der Waals surface area contributed by atoms with E-state index in [2.05, 4.69) is 11.9 Å². The highest BCUT2D eigenvalue weighted by Gasteiger charge is 2.17. The Balaban J connectivity index is 1.92. The van der Waals surface area contributed by atoms with Crippen LogP contribution < -0.4 is 5.14 Å². The van der Waals surface area contributed by atoms with Crippen molar-refractivity contribution in [1.29, 1.82) is 0 Å². The molecule has 3 aromatic rings. The summed E-state index contributed by atoms with van der Waals surface area (Å²) in [7, 11) is -3.81. The number of benzene rings is 1. The molecule has 0 aliphatic carbocycles. The first-order valence-corrected chi connectivity index (χ1v) is 11.0. The second kappa shape index (κ2) is 7.79. The summed E-state index contributed by atoms with van der Waals surface area (Å²) in [5.41, 5.74) is 2.17. The molecule has 27 heavy (non-hydrogen) atoms. The van der Waals surface area contributed by atoms with Crippen molar-refractivity contribution in [3.05, 3.63) is 45.9 Å². The Labute approximate surface area is 161 Å². The molecule has 3 rings (SSSR count). The average Bonchev–Trinajstić information content (AvgIpc) is 3.19. The zero-order valence-electron chi connectivity index (χ0n) is 15.1. The minimum Gasteiger partial charge on any atom is -0.453 e. The summed E-state index contributed by atoms with van der Waals surface area (Å²) < 4.78 is 30.6. The van der Waals surface area contributed by atoms with Crippen LogP contribution in [0.1, 0.15) is 40.8 Å². The summed E-state index contributed by atoms with van der Waals surface area (Å²) in [6, 6.07) is 6.47. The second-order valence-corrected chi connectivity index (χ2v) is 8.72. The molecule has 0 spiro atoms. The Morgan fingerprint density at radius 3 is 2.74 bits per heavy atom. The molecular weight excluding hydrogens is 386 g/mol. The zero-order valence-corrected chi connectivity index (χ0v) is 16.8. The van der Waals surface area contributed by atoms with Crippen molar-refractivity contribution in [1.82, 2.24) is 9.55 Å². The number of ether oxygens (including phenoxy) is 1. The molecule has 2 heterocycles. The van der Waals surface area contributed by atoms with Crippen LogP contribution in [0.5, 0.6) is 0 Å². The number of aryl methyl sites for hydroxylation is 2. The third-order valence-corrected chi connectivity index (χ3v) is 6.15. The maximum atomic E-state index is 12.3. The van der Waals surface area contributed by atoms with Crippen molar-refractivity contribution < 1.29 is 17.9 Å². The molecule has 0 atom stereocenters. The van der Waals surface area contributed by atoms with Crippen LogP contribution in [-0.4, -0.2) is 23.9 Å². The number of esters is 1. The number of fused-ring (bicyclic) bond motifs is 1. The molecule has 7 nitrogen and oxygen atoms in total. The first-order chi connectivity index (χ1) is 12.8. The number of sulfonamides is 1. The number of aromatic nitrogens is 2. The van der Waals surface area contributed by atoms with Crippen LogP contribution >= 0.6 is 11.3 Å². The first-order valence-electron chi connectivity index (χ1n) is 8.54. The highest BCUT2D eigenvalue weighted by Crippen LogP contribution is 2.22. The quantitative estimate of drug-likeness (QED) is 0.606. The van der Waals surface area contributed by atoms with Gasteiger partial charge in [0.25, 0.3) is 0 Å². The first kappa shape index (κ1) is 19.5. The predicted molar refractivity (Wildman–Crippen MR) is 104 cm³/mol. The van der Waals surface area contributed by atoms with Gasteiger partial charge < -0.3 is 9.30 Å². The van der Waals surface area contributed by atoms with E-state index in [9.17, 15) is 13.2 Å². The number of carbonyl (C=O) groups excluding carboxylic acids is 1. The fourth-order valence-corrected chi connectivity index (χ4v) is 4.14. The zero-order chi connectivity index (χ0) is 19.6. The predicted octanol–water partition coefficient (Wildman–Crippen LogP) is 3.21. The summed E-state index contributed by atoms with van der Waals surface area (Å²) in [5, 5.41) is 7.05. The van der Waals surface area contributed by atoms with E-state index in [0.29, 0.717) is 22.8 Å². The van der Waals surface area contributed by atoms with Crippen LogP contribution in [0.3, 0.4) is 0 Å². The number of unbranched alkanes of at least 4 members (excludes halogenated alkanes) is 1. The molecule has 0 aliphatic heterocycles. The monoisotopic (exact) mass is 407 g/mol. The lowest BCUT2D eigenvalue weighted by Gasteiger charge is -2.09. The summed E-state index contributed by atoms with van der Waals surface area (Å²) >= 11 is 1.34. The molecule has 0 aliphatic rings. The van der Waals surface area contributed by atoms with Gasteiger partial charge in [0.05, 0.1) is 15.9 Å². The Kier molecular flexibility index (Phi) is 5.64. The fourth-order valence-electron chi connectivity index (χ4n) is 2.79. The lowest BCUT2D eigenvalue weighted by atomic mass is 10.3. The van der Waals surface area contributed by atoms with Gasteiger partial charge in [0, 0.05) is 6.54 Å². The van der Waals surface area contributed by atoms with E-state index < -0.39 is 10.0 Å². The largest absolute Gasteiger partial charge is 0.453 e. The van der Waals surface area contributed by atoms with Gasteiger partial charge in [-0.15, -0.1) is 11.3 Å². The SMILES string of the molecule is CCCCn1c(COC(=O)c2sccc2C)nc2cc(S(N)(=O)=O)ccc21. The standard InChI is InChI=1S/C18H21N3O4S2/c1-3-4-8-21-15-6-5-13(27(19,23)24)10-14(15)20-16(21)11-25-18(22)17-12(2)7-9-26-17/h5-7,9-10H,3-4,8,11H2,1-2H3,(H2,19,23,24). The van der Waals surface area contributed by atoms with Gasteiger partial charge in [0.2, 0.25) is 10.0 Å². The number of thiophene rings is 1. The molecule has 2 N–H and O–H groups in total. The number of imidazole rings is 1. The topological polar surface area (TPSA) is 104 Å². The number of primary sulfonamides is 1. The smallest absolute Gasteiger partial charge is 0.349 e. The molecule has 0 unspecified atom stereocenters. The van der Waals surface area contributed by atoms with Gasteiger partial charge in [-0.2, -0.15) is 0 Å². The van der Waals surface area contributed by atoms with Crippen molar-refractivity contribution in [2.24, 2.45) is 5.14 Å². The van der Waals surface area contributed by atoms with Crippen LogP contribution in [-0.2, 0) is 27.9 Å². The molecule has 0 saturated carbocycles. The van der Waals surface area contributed by atoms with Gasteiger partial charge in [-0.05, 0) is 48.6 Å². The van der Waals surface area contributed by atoms with Gasteiger partial charge in [-0.3, -0.25) is 0 Å². The number of hydrogen-bond acceptors (Lipinski definition) is 6. The summed E-state index contributed by atoms with van der Waals surface area (Å²) in [6.45, 7) is 4.65. The highest BCUT2D eigenvalue weighted by atomic mass is 32.2. The molecule has 2 aromatic heterocycles. The number of rotatable bonds is 7. The van der Waals surface area contributed by atoms with E-state index in [4.69, 9.17) is 9.88 Å². The number of carbonyl (C=O) groups is 1. The van der Waals surface area contributed by atoms with Crippen LogP contribution in [0.25, 0.3) is 11.0 Å². The van der Waals surface area contributed by atoms with Crippen molar-refractivity contribution in [3.63, 3.8) is 0 Å². The maximum absolute atomic E-state index is 12.3. The summed E-state index contributed by atoms with van der Waals surface area (Å²) in [4.78, 5) is 17.3. The third-order valence-electron chi connectivity index (χ3n) is 4.24. The normalized spacial score (nSPS) is 11.8. The van der Waals surface area contributed by atoms with Gasteiger partial charge in [0.15, 0.2) is 0 Å². The van der Waals surface area contributed by atoms with Crippen molar-refractivity contribution in [2.45, 2.75) is 44.7 Å². The van der Waals surface area contributed by atoms with E-state index in [1.807, 2.05) is 22.9 Å².